The van der Waals surface area contributed by atoms with Crippen molar-refractivity contribution in [1.29, 1.82) is 0 Å². The van der Waals surface area contributed by atoms with Gasteiger partial charge in [0, 0.05) is 12.8 Å². The maximum atomic E-state index is 13.0. The van der Waals surface area contributed by atoms with Crippen molar-refractivity contribution in [1.82, 2.24) is 5.32 Å². The van der Waals surface area contributed by atoms with Gasteiger partial charge >= 0.3 is 5.97 Å². The van der Waals surface area contributed by atoms with Gasteiger partial charge in [0.05, 0.1) is 32.0 Å². The van der Waals surface area contributed by atoms with Crippen molar-refractivity contribution in [3.8, 4) is 0 Å². The number of allylic oxidation sites excluding steroid dienone is 7. The van der Waals surface area contributed by atoms with Gasteiger partial charge in [0.1, 0.15) is 24.4 Å². The molecule has 11 heteroatoms. The predicted molar refractivity (Wildman–Crippen MR) is 324 cm³/mol. The number of ether oxygens (including phenoxy) is 3. The Labute approximate surface area is 478 Å². The molecule has 0 aromatic rings. The van der Waals surface area contributed by atoms with Gasteiger partial charge in [-0.1, -0.05) is 242 Å². The number of aliphatic hydroxyl groups is 5. The smallest absolute Gasteiger partial charge is 0.305 e. The molecule has 0 spiro atoms. The molecule has 1 saturated heterocycles. The van der Waals surface area contributed by atoms with Crippen LogP contribution in [0.4, 0.5) is 0 Å². The highest BCUT2D eigenvalue weighted by atomic mass is 16.7. The molecule has 6 N–H and O–H groups in total. The summed E-state index contributed by atoms with van der Waals surface area (Å²) in [5, 5.41) is 54.2. The fraction of sp³-hybridized carbons (Fsp3) is 0.851. The first-order chi connectivity index (χ1) is 38.2. The Morgan fingerprint density at radius 2 is 0.833 bits per heavy atom. The molecule has 0 aromatic carbocycles. The van der Waals surface area contributed by atoms with Crippen LogP contribution in [-0.4, -0.2) is 100 Å². The van der Waals surface area contributed by atoms with Gasteiger partial charge in [-0.2, -0.15) is 0 Å². The summed E-state index contributed by atoms with van der Waals surface area (Å²) in [6.07, 6.45) is 62.5. The molecule has 456 valence electrons. The average Bonchev–Trinajstić information content (AvgIpc) is 3.44. The topological polar surface area (TPSA) is 175 Å². The van der Waals surface area contributed by atoms with Crippen LogP contribution in [0.3, 0.4) is 0 Å². The Bertz CT molecular complexity index is 1430. The van der Waals surface area contributed by atoms with E-state index in [4.69, 9.17) is 14.2 Å². The van der Waals surface area contributed by atoms with Crippen LogP contribution in [0.25, 0.3) is 0 Å². The van der Waals surface area contributed by atoms with E-state index in [2.05, 4.69) is 55.6 Å². The quantitative estimate of drug-likeness (QED) is 0.0195. The van der Waals surface area contributed by atoms with E-state index in [1.807, 2.05) is 6.08 Å². The fourth-order valence-corrected chi connectivity index (χ4v) is 10.1. The van der Waals surface area contributed by atoms with Crippen LogP contribution in [0.2, 0.25) is 0 Å². The van der Waals surface area contributed by atoms with E-state index in [1.54, 1.807) is 6.08 Å². The number of unbranched alkanes of at least 4 members (excludes halogenated alkanes) is 37. The minimum atomic E-state index is -1.58. The van der Waals surface area contributed by atoms with Crippen molar-refractivity contribution >= 4 is 11.9 Å². The summed E-state index contributed by atoms with van der Waals surface area (Å²) in [5.41, 5.74) is 0. The average molecular weight is 1100 g/mol. The van der Waals surface area contributed by atoms with Crippen LogP contribution in [0.1, 0.15) is 303 Å². The molecule has 1 amide bonds. The lowest BCUT2D eigenvalue weighted by atomic mass is 9.99. The van der Waals surface area contributed by atoms with E-state index in [0.717, 1.165) is 57.8 Å². The molecular weight excluding hydrogens is 979 g/mol. The first-order valence-electron chi connectivity index (χ1n) is 32.9. The number of aliphatic hydroxyl groups excluding tert-OH is 5. The van der Waals surface area contributed by atoms with Gasteiger partial charge in [-0.3, -0.25) is 9.59 Å². The lowest BCUT2D eigenvalue weighted by molar-refractivity contribution is -0.302. The lowest BCUT2D eigenvalue weighted by Crippen LogP contribution is -2.60. The third-order valence-electron chi connectivity index (χ3n) is 15.4. The number of esters is 1. The second kappa shape index (κ2) is 56.5. The Morgan fingerprint density at radius 3 is 1.29 bits per heavy atom. The van der Waals surface area contributed by atoms with Crippen LogP contribution >= 0.6 is 0 Å². The zero-order valence-corrected chi connectivity index (χ0v) is 50.4. The third-order valence-corrected chi connectivity index (χ3v) is 15.4. The highest BCUT2D eigenvalue weighted by Crippen LogP contribution is 2.23. The van der Waals surface area contributed by atoms with Gasteiger partial charge < -0.3 is 45.1 Å². The molecule has 0 bridgehead atoms. The SMILES string of the molecule is CCCCC/C=C/CC/C=C/C(O)C(COC1OC(CO)C(O)C(O)C1O)NC(=O)CCCCCCCCCCCCCC/C=C\CCCCCCCCCCCCCCOC(=O)CCCCCCC/C=C\CCCCCC. The summed E-state index contributed by atoms with van der Waals surface area (Å²) in [5.74, 6) is -0.198. The van der Waals surface area contributed by atoms with Crippen LogP contribution in [0, 0.1) is 0 Å². The van der Waals surface area contributed by atoms with Crippen molar-refractivity contribution in [2.45, 2.75) is 346 Å². The molecule has 0 aliphatic carbocycles. The van der Waals surface area contributed by atoms with Crippen LogP contribution in [0.15, 0.2) is 48.6 Å². The van der Waals surface area contributed by atoms with Crippen LogP contribution in [-0.2, 0) is 23.8 Å². The molecule has 1 aliphatic heterocycles. The monoisotopic (exact) mass is 1100 g/mol. The van der Waals surface area contributed by atoms with Crippen molar-refractivity contribution in [3.05, 3.63) is 48.6 Å². The molecule has 78 heavy (non-hydrogen) atoms. The largest absolute Gasteiger partial charge is 0.466 e. The summed E-state index contributed by atoms with van der Waals surface area (Å²) in [7, 11) is 0. The molecule has 0 saturated carbocycles. The Kier molecular flexibility index (Phi) is 53.3. The summed E-state index contributed by atoms with van der Waals surface area (Å²) < 4.78 is 16.7. The summed E-state index contributed by atoms with van der Waals surface area (Å²) in [6, 6.07) is -0.826. The first kappa shape index (κ1) is 73.6. The summed E-state index contributed by atoms with van der Waals surface area (Å²) in [6.45, 7) is 4.27. The van der Waals surface area contributed by atoms with E-state index >= 15 is 0 Å². The van der Waals surface area contributed by atoms with Gasteiger partial charge in [-0.15, -0.1) is 0 Å². The molecule has 1 aliphatic rings. The van der Waals surface area contributed by atoms with E-state index in [9.17, 15) is 35.1 Å². The summed E-state index contributed by atoms with van der Waals surface area (Å²) in [4.78, 5) is 25.0. The molecular formula is C67H123NO10. The Hall–Kier alpha value is -2.38. The highest BCUT2D eigenvalue weighted by molar-refractivity contribution is 5.76. The van der Waals surface area contributed by atoms with Crippen molar-refractivity contribution in [2.75, 3.05) is 19.8 Å². The Morgan fingerprint density at radius 1 is 0.462 bits per heavy atom. The minimum absolute atomic E-state index is 0.00320. The number of carbonyl (C=O) groups is 2. The van der Waals surface area contributed by atoms with E-state index in [1.165, 1.54) is 218 Å². The molecule has 1 heterocycles. The molecule has 1 fully saturated rings. The molecule has 7 atom stereocenters. The lowest BCUT2D eigenvalue weighted by Gasteiger charge is -2.40. The van der Waals surface area contributed by atoms with Crippen molar-refractivity contribution in [2.24, 2.45) is 0 Å². The first-order valence-corrected chi connectivity index (χ1v) is 32.9. The third kappa shape index (κ3) is 45.3. The zero-order valence-electron chi connectivity index (χ0n) is 50.4. The second-order valence-electron chi connectivity index (χ2n) is 22.8. The fourth-order valence-electron chi connectivity index (χ4n) is 10.1. The highest BCUT2D eigenvalue weighted by Gasteiger charge is 2.44. The number of amides is 1. The van der Waals surface area contributed by atoms with Crippen LogP contribution < -0.4 is 5.32 Å². The van der Waals surface area contributed by atoms with Crippen LogP contribution in [0.5, 0.6) is 0 Å². The number of rotatable bonds is 57. The molecule has 7 unspecified atom stereocenters. The van der Waals surface area contributed by atoms with Gasteiger partial charge in [0.15, 0.2) is 6.29 Å². The number of carbonyl (C=O) groups excluding carboxylic acids is 2. The Balaban J connectivity index is 1.95. The maximum Gasteiger partial charge on any atom is 0.305 e. The van der Waals surface area contributed by atoms with Crippen molar-refractivity contribution in [3.63, 3.8) is 0 Å². The van der Waals surface area contributed by atoms with E-state index in [0.29, 0.717) is 19.4 Å². The van der Waals surface area contributed by atoms with Gasteiger partial charge in [0.2, 0.25) is 5.91 Å². The molecule has 1 rings (SSSR count). The van der Waals surface area contributed by atoms with Gasteiger partial charge in [-0.05, 0) is 96.3 Å². The number of nitrogens with one attached hydrogen (secondary N) is 1. The van der Waals surface area contributed by atoms with E-state index in [-0.39, 0.29) is 18.5 Å². The molecule has 0 radical (unpaired) electrons. The van der Waals surface area contributed by atoms with Gasteiger partial charge in [-0.25, -0.2) is 0 Å². The standard InChI is InChI=1S/C67H123NO10/c1-3-5-7-9-11-13-14-31-35-39-43-47-51-55-63(72)76-56-52-48-44-40-36-33-30-28-26-24-22-20-18-16-15-17-19-21-23-25-27-29-32-34-38-42-46-50-54-62(71)68-59(60(70)53-49-45-41-37-12-10-8-6-4-2)58-77-67-66(75)65(74)64(73)61(57-69)78-67/h12-16,37,49,53,59-61,64-67,69-70,73-75H,3-11,17-36,38-48,50-52,54-58H2,1-2H3,(H,68,71)/b14-13-,16-15-,37-12+,53-49+. The van der Waals surface area contributed by atoms with Gasteiger partial charge in [0.25, 0.3) is 0 Å². The predicted octanol–water partition coefficient (Wildman–Crippen LogP) is 16.0. The normalized spacial score (nSPS) is 18.8. The zero-order chi connectivity index (χ0) is 56.6. The minimum Gasteiger partial charge on any atom is -0.466 e. The molecule has 0 aromatic heterocycles. The number of hydrogen-bond acceptors (Lipinski definition) is 10. The van der Waals surface area contributed by atoms with E-state index < -0.39 is 49.5 Å². The van der Waals surface area contributed by atoms with Crippen molar-refractivity contribution < 1.29 is 49.3 Å². The second-order valence-corrected chi connectivity index (χ2v) is 22.8. The summed E-state index contributed by atoms with van der Waals surface area (Å²) >= 11 is 0. The maximum absolute atomic E-state index is 13.0. The molecule has 11 nitrogen and oxygen atoms in total. The number of hydrogen-bond donors (Lipinski definition) is 6.